The van der Waals surface area contributed by atoms with E-state index in [4.69, 9.17) is 4.52 Å². The molecule has 1 saturated heterocycles. The van der Waals surface area contributed by atoms with E-state index in [2.05, 4.69) is 10.1 Å². The molecule has 3 rings (SSSR count). The van der Waals surface area contributed by atoms with E-state index in [9.17, 15) is 4.79 Å². The van der Waals surface area contributed by atoms with E-state index < -0.39 is 0 Å². The van der Waals surface area contributed by atoms with Crippen molar-refractivity contribution >= 4 is 6.29 Å². The van der Waals surface area contributed by atoms with Crippen molar-refractivity contribution in [2.75, 3.05) is 13.1 Å². The van der Waals surface area contributed by atoms with Crippen molar-refractivity contribution < 1.29 is 9.32 Å². The summed E-state index contributed by atoms with van der Waals surface area (Å²) >= 11 is 0. The number of piperidine rings is 1. The number of nitrogens with zero attached hydrogens (tertiary/aromatic N) is 2. The molecule has 0 N–H and O–H groups in total. The Morgan fingerprint density at radius 2 is 2.20 bits per heavy atom. The number of carbonyl (C=O) groups is 1. The van der Waals surface area contributed by atoms with E-state index in [1.807, 2.05) is 36.4 Å². The monoisotopic (exact) mass is 270 g/mol. The van der Waals surface area contributed by atoms with Gasteiger partial charge in [0, 0.05) is 24.1 Å². The van der Waals surface area contributed by atoms with Crippen LogP contribution in [0.5, 0.6) is 0 Å². The van der Waals surface area contributed by atoms with Crippen LogP contribution < -0.4 is 0 Å². The summed E-state index contributed by atoms with van der Waals surface area (Å²) < 4.78 is 5.41. The maximum Gasteiger partial charge on any atom is 0.151 e. The average Bonchev–Trinajstić information content (AvgIpc) is 2.97. The summed E-state index contributed by atoms with van der Waals surface area (Å²) in [5.74, 6) is 1.02. The number of likely N-dealkylation sites (tertiary alicyclic amines) is 1. The topological polar surface area (TPSA) is 46.3 Å². The maximum atomic E-state index is 10.9. The van der Waals surface area contributed by atoms with Crippen LogP contribution >= 0.6 is 0 Å². The van der Waals surface area contributed by atoms with Gasteiger partial charge < -0.3 is 9.32 Å². The molecule has 0 saturated carbocycles. The van der Waals surface area contributed by atoms with Gasteiger partial charge in [-0.05, 0) is 19.4 Å². The Hall–Kier alpha value is -1.94. The van der Waals surface area contributed by atoms with Crippen molar-refractivity contribution in [2.45, 2.75) is 19.4 Å². The quantitative estimate of drug-likeness (QED) is 0.801. The fourth-order valence-electron chi connectivity index (χ4n) is 2.70. The lowest BCUT2D eigenvalue weighted by atomic mass is 10.00. The second-order valence-electron chi connectivity index (χ2n) is 5.32. The standard InChI is InChI=1S/C16H18N2O2/c19-12-13-5-4-8-18(10-13)11-15-9-16(17-20-15)14-6-2-1-3-7-14/h1-3,6-7,9,12-13H,4-5,8,10-11H2. The summed E-state index contributed by atoms with van der Waals surface area (Å²) in [5, 5.41) is 4.12. The Bertz CT molecular complexity index is 565. The third-order valence-corrected chi connectivity index (χ3v) is 3.74. The molecule has 2 aromatic rings. The summed E-state index contributed by atoms with van der Waals surface area (Å²) in [6, 6.07) is 12.0. The Balaban J connectivity index is 1.67. The van der Waals surface area contributed by atoms with E-state index in [1.54, 1.807) is 0 Å². The largest absolute Gasteiger partial charge is 0.359 e. The van der Waals surface area contributed by atoms with Crippen LogP contribution in [-0.4, -0.2) is 29.4 Å². The molecular weight excluding hydrogens is 252 g/mol. The van der Waals surface area contributed by atoms with Crippen LogP contribution in [0.4, 0.5) is 0 Å². The lowest BCUT2D eigenvalue weighted by molar-refractivity contribution is -0.112. The van der Waals surface area contributed by atoms with Gasteiger partial charge in [0.25, 0.3) is 0 Å². The van der Waals surface area contributed by atoms with Gasteiger partial charge in [0.2, 0.25) is 0 Å². The first-order valence-corrected chi connectivity index (χ1v) is 7.04. The van der Waals surface area contributed by atoms with Crippen molar-refractivity contribution in [1.82, 2.24) is 10.1 Å². The predicted molar refractivity (Wildman–Crippen MR) is 76.0 cm³/mol. The summed E-state index contributed by atoms with van der Waals surface area (Å²) in [6.07, 6.45) is 3.15. The summed E-state index contributed by atoms with van der Waals surface area (Å²) in [7, 11) is 0. The molecule has 0 radical (unpaired) electrons. The average molecular weight is 270 g/mol. The van der Waals surface area contributed by atoms with E-state index in [0.717, 1.165) is 55.8 Å². The van der Waals surface area contributed by atoms with E-state index in [-0.39, 0.29) is 5.92 Å². The lowest BCUT2D eigenvalue weighted by Gasteiger charge is -2.28. The molecule has 104 valence electrons. The fraction of sp³-hybridized carbons (Fsp3) is 0.375. The molecule has 1 aromatic heterocycles. The summed E-state index contributed by atoms with van der Waals surface area (Å²) in [4.78, 5) is 13.1. The molecule has 20 heavy (non-hydrogen) atoms. The Kier molecular flexibility index (Phi) is 3.92. The van der Waals surface area contributed by atoms with Gasteiger partial charge in [0.05, 0.1) is 6.54 Å². The number of aldehydes is 1. The minimum Gasteiger partial charge on any atom is -0.359 e. The van der Waals surface area contributed by atoms with Gasteiger partial charge in [0.1, 0.15) is 12.0 Å². The molecule has 1 aliphatic heterocycles. The molecule has 0 aliphatic carbocycles. The van der Waals surface area contributed by atoms with Gasteiger partial charge in [-0.3, -0.25) is 4.90 Å². The van der Waals surface area contributed by atoms with E-state index >= 15 is 0 Å². The Morgan fingerprint density at radius 3 is 3.00 bits per heavy atom. The number of aromatic nitrogens is 1. The maximum absolute atomic E-state index is 10.9. The Labute approximate surface area is 118 Å². The molecule has 2 heterocycles. The molecule has 1 unspecified atom stereocenters. The van der Waals surface area contributed by atoms with Crippen molar-refractivity contribution in [3.8, 4) is 11.3 Å². The molecule has 1 atom stereocenters. The van der Waals surface area contributed by atoms with Crippen LogP contribution in [0.3, 0.4) is 0 Å². The zero-order chi connectivity index (χ0) is 13.8. The van der Waals surface area contributed by atoms with Gasteiger partial charge in [-0.1, -0.05) is 35.5 Å². The van der Waals surface area contributed by atoms with E-state index in [1.165, 1.54) is 0 Å². The molecule has 0 bridgehead atoms. The fourth-order valence-corrected chi connectivity index (χ4v) is 2.70. The number of hydrogen-bond acceptors (Lipinski definition) is 4. The predicted octanol–water partition coefficient (Wildman–Crippen LogP) is 2.75. The highest BCUT2D eigenvalue weighted by atomic mass is 16.5. The van der Waals surface area contributed by atoms with Crippen LogP contribution in [0.15, 0.2) is 40.9 Å². The Morgan fingerprint density at radius 1 is 1.35 bits per heavy atom. The van der Waals surface area contributed by atoms with Gasteiger partial charge in [0.15, 0.2) is 5.76 Å². The molecular formula is C16H18N2O2. The first-order valence-electron chi connectivity index (χ1n) is 7.04. The van der Waals surface area contributed by atoms with Crippen LogP contribution in [0, 0.1) is 5.92 Å². The van der Waals surface area contributed by atoms with Gasteiger partial charge in [-0.2, -0.15) is 0 Å². The highest BCUT2D eigenvalue weighted by molar-refractivity contribution is 5.58. The normalized spacial score (nSPS) is 19.9. The minimum atomic E-state index is 0.167. The molecule has 0 amide bonds. The third-order valence-electron chi connectivity index (χ3n) is 3.74. The van der Waals surface area contributed by atoms with Gasteiger partial charge in [-0.15, -0.1) is 0 Å². The zero-order valence-corrected chi connectivity index (χ0v) is 11.4. The first-order chi connectivity index (χ1) is 9.85. The molecule has 1 aromatic carbocycles. The lowest BCUT2D eigenvalue weighted by Crippen LogP contribution is -2.35. The SMILES string of the molecule is O=CC1CCCN(Cc2cc(-c3ccccc3)no2)C1. The molecule has 1 fully saturated rings. The van der Waals surface area contributed by atoms with Crippen LogP contribution in [0.25, 0.3) is 11.3 Å². The van der Waals surface area contributed by atoms with Crippen molar-refractivity contribution in [3.05, 3.63) is 42.2 Å². The van der Waals surface area contributed by atoms with Gasteiger partial charge >= 0.3 is 0 Å². The van der Waals surface area contributed by atoms with Crippen molar-refractivity contribution in [1.29, 1.82) is 0 Å². The van der Waals surface area contributed by atoms with E-state index in [0.29, 0.717) is 0 Å². The smallest absolute Gasteiger partial charge is 0.151 e. The third kappa shape index (κ3) is 2.96. The second-order valence-corrected chi connectivity index (χ2v) is 5.32. The highest BCUT2D eigenvalue weighted by Gasteiger charge is 2.20. The van der Waals surface area contributed by atoms with Crippen molar-refractivity contribution in [2.24, 2.45) is 5.92 Å². The number of carbonyl (C=O) groups excluding carboxylic acids is 1. The summed E-state index contributed by atoms with van der Waals surface area (Å²) in [5.41, 5.74) is 1.93. The molecule has 0 spiro atoms. The van der Waals surface area contributed by atoms with Crippen LogP contribution in [0.1, 0.15) is 18.6 Å². The molecule has 4 heteroatoms. The minimum absolute atomic E-state index is 0.167. The number of hydrogen-bond donors (Lipinski definition) is 0. The van der Waals surface area contributed by atoms with Crippen LogP contribution in [0.2, 0.25) is 0 Å². The number of benzene rings is 1. The number of rotatable bonds is 4. The zero-order valence-electron chi connectivity index (χ0n) is 11.4. The highest BCUT2D eigenvalue weighted by Crippen LogP contribution is 2.21. The van der Waals surface area contributed by atoms with Crippen LogP contribution in [-0.2, 0) is 11.3 Å². The first kappa shape index (κ1) is 13.1. The summed E-state index contributed by atoms with van der Waals surface area (Å²) in [6.45, 7) is 2.57. The molecule has 1 aliphatic rings. The van der Waals surface area contributed by atoms with Gasteiger partial charge in [-0.25, -0.2) is 0 Å². The molecule has 4 nitrogen and oxygen atoms in total. The second kappa shape index (κ2) is 6.01. The van der Waals surface area contributed by atoms with Crippen molar-refractivity contribution in [3.63, 3.8) is 0 Å².